The molecular formula is C25H20NO4P. The van der Waals surface area contributed by atoms with Gasteiger partial charge in [-0.05, 0) is 53.6 Å². The molecule has 2 N–H and O–H groups in total. The molecule has 0 aliphatic heterocycles. The summed E-state index contributed by atoms with van der Waals surface area (Å²) in [7, 11) is -2.57. The van der Waals surface area contributed by atoms with E-state index in [1.54, 1.807) is 19.2 Å². The fraction of sp³-hybridized carbons (Fsp3) is 0.0400. The van der Waals surface area contributed by atoms with Crippen molar-refractivity contribution < 1.29 is 19.1 Å². The van der Waals surface area contributed by atoms with E-state index < -0.39 is 7.60 Å². The molecule has 5 aromatic rings. The van der Waals surface area contributed by atoms with Crippen molar-refractivity contribution in [1.29, 1.82) is 0 Å². The van der Waals surface area contributed by atoms with Crippen LogP contribution in [0.5, 0.6) is 5.75 Å². The number of fused-ring (bicyclic) bond motifs is 3. The molecule has 1 aromatic heterocycles. The Labute approximate surface area is 179 Å². The average molecular weight is 429 g/mol. The highest BCUT2D eigenvalue weighted by atomic mass is 31.2. The Kier molecular flexibility index (Phi) is 4.67. The Bertz CT molecular complexity index is 1450. The molecule has 0 radical (unpaired) electrons. The molecule has 4 aromatic carbocycles. The second-order valence-corrected chi connectivity index (χ2v) is 8.98. The minimum Gasteiger partial charge on any atom is -0.497 e. The third kappa shape index (κ3) is 3.43. The summed E-state index contributed by atoms with van der Waals surface area (Å²) < 4.78 is 19.1. The topological polar surface area (TPSA) is 71.7 Å². The lowest BCUT2D eigenvalue weighted by Crippen LogP contribution is -2.02. The maximum Gasteiger partial charge on any atom is 0.356 e. The summed E-state index contributed by atoms with van der Waals surface area (Å²) >= 11 is 0. The van der Waals surface area contributed by atoms with Gasteiger partial charge in [-0.15, -0.1) is 0 Å². The molecule has 0 bridgehead atoms. The molecule has 1 heterocycles. The van der Waals surface area contributed by atoms with Crippen molar-refractivity contribution in [3.63, 3.8) is 0 Å². The number of methoxy groups -OCH3 is 1. The standard InChI is InChI=1S/C25H20NO4P/c1-30-20-12-15-23-22-4-2-3-5-24(22)26(25(23)16-20)19-10-6-17(7-11-19)18-8-13-21(14-9-18)31(27,28)29/h2-16H,1H3,(H2,27,28,29). The van der Waals surface area contributed by atoms with Crippen LogP contribution in [0.2, 0.25) is 0 Å². The van der Waals surface area contributed by atoms with Crippen molar-refractivity contribution in [3.05, 3.63) is 91.0 Å². The molecule has 0 atom stereocenters. The highest BCUT2D eigenvalue weighted by Crippen LogP contribution is 2.35. The van der Waals surface area contributed by atoms with Crippen LogP contribution < -0.4 is 10.0 Å². The summed E-state index contributed by atoms with van der Waals surface area (Å²) in [5, 5.41) is 2.36. The second-order valence-electron chi connectivity index (χ2n) is 7.37. The highest BCUT2D eigenvalue weighted by Gasteiger charge is 2.16. The van der Waals surface area contributed by atoms with E-state index in [0.717, 1.165) is 39.0 Å². The van der Waals surface area contributed by atoms with Crippen molar-refractivity contribution in [3.8, 4) is 22.6 Å². The van der Waals surface area contributed by atoms with E-state index in [9.17, 15) is 14.4 Å². The fourth-order valence-electron chi connectivity index (χ4n) is 4.01. The van der Waals surface area contributed by atoms with Gasteiger partial charge in [0.05, 0.1) is 23.4 Å². The molecule has 5 rings (SSSR count). The summed E-state index contributed by atoms with van der Waals surface area (Å²) in [5.41, 5.74) is 5.07. The number of hydrogen-bond donors (Lipinski definition) is 2. The van der Waals surface area contributed by atoms with Gasteiger partial charge < -0.3 is 19.1 Å². The highest BCUT2D eigenvalue weighted by molar-refractivity contribution is 7.60. The summed E-state index contributed by atoms with van der Waals surface area (Å²) in [5.74, 6) is 0.804. The first-order valence-corrected chi connectivity index (χ1v) is 11.4. The molecule has 0 saturated carbocycles. The lowest BCUT2D eigenvalue weighted by atomic mass is 10.1. The Hall–Kier alpha value is -3.37. The van der Waals surface area contributed by atoms with E-state index in [0.29, 0.717) is 0 Å². The van der Waals surface area contributed by atoms with E-state index in [2.05, 4.69) is 34.9 Å². The molecule has 6 heteroatoms. The van der Waals surface area contributed by atoms with Crippen LogP contribution in [-0.4, -0.2) is 21.5 Å². The minimum atomic E-state index is -4.24. The van der Waals surface area contributed by atoms with Crippen molar-refractivity contribution >= 4 is 34.7 Å². The Balaban J connectivity index is 1.62. The molecular weight excluding hydrogens is 409 g/mol. The van der Waals surface area contributed by atoms with E-state index in [1.165, 1.54) is 17.5 Å². The molecule has 0 aliphatic carbocycles. The van der Waals surface area contributed by atoms with Gasteiger partial charge in [-0.2, -0.15) is 0 Å². The van der Waals surface area contributed by atoms with Gasteiger partial charge in [0, 0.05) is 22.5 Å². The van der Waals surface area contributed by atoms with Crippen molar-refractivity contribution in [1.82, 2.24) is 4.57 Å². The van der Waals surface area contributed by atoms with Crippen LogP contribution in [0.3, 0.4) is 0 Å². The molecule has 31 heavy (non-hydrogen) atoms. The maximum atomic E-state index is 11.4. The van der Waals surface area contributed by atoms with Crippen molar-refractivity contribution in [2.75, 3.05) is 7.11 Å². The smallest absolute Gasteiger partial charge is 0.356 e. The molecule has 5 nitrogen and oxygen atoms in total. The normalized spacial score (nSPS) is 11.8. The first kappa shape index (κ1) is 19.6. The summed E-state index contributed by atoms with van der Waals surface area (Å²) in [6.07, 6.45) is 0. The predicted octanol–water partition coefficient (Wildman–Crippen LogP) is 5.26. The molecule has 0 fully saturated rings. The average Bonchev–Trinajstić information content (AvgIpc) is 3.12. The molecule has 154 valence electrons. The molecule has 0 spiro atoms. The summed E-state index contributed by atoms with van der Waals surface area (Å²) in [6.45, 7) is 0. The number of hydrogen-bond acceptors (Lipinski definition) is 2. The van der Waals surface area contributed by atoms with Crippen molar-refractivity contribution in [2.45, 2.75) is 0 Å². The lowest BCUT2D eigenvalue weighted by Gasteiger charge is -2.10. The number of ether oxygens (including phenoxy) is 1. The number of para-hydroxylation sites is 1. The van der Waals surface area contributed by atoms with Crippen LogP contribution in [0.25, 0.3) is 38.6 Å². The van der Waals surface area contributed by atoms with Gasteiger partial charge in [-0.3, -0.25) is 4.57 Å². The quantitative estimate of drug-likeness (QED) is 0.382. The van der Waals surface area contributed by atoms with Crippen LogP contribution in [0.15, 0.2) is 91.0 Å². The number of rotatable bonds is 4. The fourth-order valence-corrected chi connectivity index (χ4v) is 4.54. The number of aromatic nitrogens is 1. The monoisotopic (exact) mass is 429 g/mol. The molecule has 0 unspecified atom stereocenters. The first-order valence-electron chi connectivity index (χ1n) is 9.80. The summed E-state index contributed by atoms with van der Waals surface area (Å²) in [6, 6.07) is 29.0. The Morgan fingerprint density at radius 3 is 2.00 bits per heavy atom. The molecule has 0 saturated heterocycles. The zero-order valence-corrected chi connectivity index (χ0v) is 17.7. The SMILES string of the molecule is COc1ccc2c3ccccc3n(-c3ccc(-c4ccc(P(=O)(O)O)cc4)cc3)c2c1. The third-order valence-corrected chi connectivity index (χ3v) is 6.51. The van der Waals surface area contributed by atoms with E-state index in [4.69, 9.17) is 4.74 Å². The van der Waals surface area contributed by atoms with Gasteiger partial charge >= 0.3 is 7.60 Å². The molecule has 0 amide bonds. The van der Waals surface area contributed by atoms with Gasteiger partial charge in [-0.1, -0.05) is 42.5 Å². The number of benzene rings is 4. The predicted molar refractivity (Wildman–Crippen MR) is 124 cm³/mol. The third-order valence-electron chi connectivity index (χ3n) is 5.54. The van der Waals surface area contributed by atoms with E-state index in [-0.39, 0.29) is 5.30 Å². The van der Waals surface area contributed by atoms with Crippen molar-refractivity contribution in [2.24, 2.45) is 0 Å². The largest absolute Gasteiger partial charge is 0.497 e. The molecule has 0 aliphatic rings. The van der Waals surface area contributed by atoms with Gasteiger partial charge in [0.15, 0.2) is 0 Å². The first-order chi connectivity index (χ1) is 15.0. The van der Waals surface area contributed by atoms with Crippen LogP contribution in [0, 0.1) is 0 Å². The lowest BCUT2D eigenvalue weighted by molar-refractivity contribution is 0.387. The van der Waals surface area contributed by atoms with Crippen LogP contribution >= 0.6 is 7.60 Å². The second kappa shape index (κ2) is 7.40. The van der Waals surface area contributed by atoms with E-state index >= 15 is 0 Å². The van der Waals surface area contributed by atoms with Crippen LogP contribution in [0.1, 0.15) is 0 Å². The Morgan fingerprint density at radius 1 is 0.742 bits per heavy atom. The van der Waals surface area contributed by atoms with Gasteiger partial charge in [0.2, 0.25) is 0 Å². The number of nitrogens with zero attached hydrogens (tertiary/aromatic N) is 1. The van der Waals surface area contributed by atoms with Crippen LogP contribution in [-0.2, 0) is 4.57 Å². The minimum absolute atomic E-state index is 0.0205. The van der Waals surface area contributed by atoms with Gasteiger partial charge in [0.25, 0.3) is 0 Å². The van der Waals surface area contributed by atoms with Crippen LogP contribution in [0.4, 0.5) is 0 Å². The maximum absolute atomic E-state index is 11.4. The summed E-state index contributed by atoms with van der Waals surface area (Å²) in [4.78, 5) is 18.6. The van der Waals surface area contributed by atoms with E-state index in [1.807, 2.05) is 36.4 Å². The van der Waals surface area contributed by atoms with Gasteiger partial charge in [0.1, 0.15) is 5.75 Å². The Morgan fingerprint density at radius 2 is 1.35 bits per heavy atom. The zero-order chi connectivity index (χ0) is 21.6. The zero-order valence-electron chi connectivity index (χ0n) is 16.8. The van der Waals surface area contributed by atoms with Gasteiger partial charge in [-0.25, -0.2) is 0 Å².